The topological polar surface area (TPSA) is 65.7 Å². The zero-order valence-corrected chi connectivity index (χ0v) is 11.8. The van der Waals surface area contributed by atoms with Crippen LogP contribution in [0.15, 0.2) is 35.9 Å². The second-order valence-corrected chi connectivity index (χ2v) is 4.99. The van der Waals surface area contributed by atoms with Crippen molar-refractivity contribution in [3.8, 4) is 0 Å². The largest absolute Gasteiger partial charge is 0.481 e. The third kappa shape index (κ3) is 2.39. The number of halogens is 1. The zero-order valence-electron chi connectivity index (χ0n) is 11.1. The first-order chi connectivity index (χ1) is 9.47. The molecule has 1 aliphatic carbocycles. The Kier molecular flexibility index (Phi) is 4.04. The van der Waals surface area contributed by atoms with Crippen LogP contribution in [0.2, 0.25) is 0 Å². The number of benzene rings is 1. The van der Waals surface area contributed by atoms with Crippen LogP contribution in [-0.4, -0.2) is 35.1 Å². The quantitative estimate of drug-likeness (QED) is 0.517. The van der Waals surface area contributed by atoms with E-state index in [1.165, 1.54) is 20.1 Å². The van der Waals surface area contributed by atoms with Crippen molar-refractivity contribution in [2.75, 3.05) is 7.11 Å². The number of allylic oxidation sites excluding steroid dienone is 1. The summed E-state index contributed by atoms with van der Waals surface area (Å²) in [6.45, 7) is 1.53. The molecular formula is C15H14ClO4+. The molecule has 0 heterocycles. The fourth-order valence-corrected chi connectivity index (χ4v) is 2.46. The van der Waals surface area contributed by atoms with Crippen LogP contribution in [0, 0.1) is 5.92 Å². The molecule has 0 aliphatic heterocycles. The van der Waals surface area contributed by atoms with Gasteiger partial charge < -0.3 is 5.11 Å². The van der Waals surface area contributed by atoms with Crippen molar-refractivity contribution in [1.29, 1.82) is 0 Å². The summed E-state index contributed by atoms with van der Waals surface area (Å²) in [5, 5.41) is 8.07. The fraction of sp³-hybridized carbons (Fsp3) is 0.267. The molecule has 5 heteroatoms. The van der Waals surface area contributed by atoms with Crippen LogP contribution >= 0.6 is 11.6 Å². The van der Waals surface area contributed by atoms with E-state index in [4.69, 9.17) is 21.1 Å². The van der Waals surface area contributed by atoms with Gasteiger partial charge in [-0.15, -0.1) is 11.6 Å². The molecule has 1 N–H and O–H groups in total. The van der Waals surface area contributed by atoms with Gasteiger partial charge in [0.25, 0.3) is 7.11 Å². The smallest absolute Gasteiger partial charge is 0.355 e. The minimum absolute atomic E-state index is 0.244. The van der Waals surface area contributed by atoms with E-state index in [1.807, 2.05) is 0 Å². The fourth-order valence-electron chi connectivity index (χ4n) is 2.17. The van der Waals surface area contributed by atoms with E-state index in [0.717, 1.165) is 0 Å². The number of aliphatic carboxylic acids is 1. The molecule has 1 aromatic carbocycles. The number of carboxylic acid groups (broad SMARTS) is 1. The third-order valence-corrected chi connectivity index (χ3v) is 3.66. The molecule has 4 nitrogen and oxygen atoms in total. The SMILES string of the molecule is C[O+]=C1C(=CC(C)C(=O)O)C(Cl)C(=O)c2ccccc21. The lowest BCUT2D eigenvalue weighted by atomic mass is 9.84. The van der Waals surface area contributed by atoms with Gasteiger partial charge >= 0.3 is 11.8 Å². The van der Waals surface area contributed by atoms with Gasteiger partial charge in [-0.05, 0) is 13.0 Å². The Bertz CT molecular complexity index is 631. The standard InChI is InChI=1S/C15H13ClO4/c1-8(15(18)19)7-11-12(16)13(17)9-5-3-4-6-10(9)14(11)20-2/h3-8,12H,1-2H3/p+1. The highest BCUT2D eigenvalue weighted by molar-refractivity contribution is 6.43. The normalized spacial score (nSPS) is 23.8. The summed E-state index contributed by atoms with van der Waals surface area (Å²) in [6, 6.07) is 6.98. The second kappa shape index (κ2) is 5.59. The van der Waals surface area contributed by atoms with Crippen LogP contribution in [0.25, 0.3) is 0 Å². The predicted octanol–water partition coefficient (Wildman–Crippen LogP) is 2.49. The number of hydrogen-bond acceptors (Lipinski definition) is 2. The van der Waals surface area contributed by atoms with Gasteiger partial charge in [-0.25, -0.2) is 0 Å². The zero-order chi connectivity index (χ0) is 14.9. The van der Waals surface area contributed by atoms with Gasteiger partial charge in [0.15, 0.2) is 5.78 Å². The van der Waals surface area contributed by atoms with E-state index in [9.17, 15) is 9.59 Å². The van der Waals surface area contributed by atoms with Crippen LogP contribution < -0.4 is 0 Å². The number of Topliss-reactive ketones (excluding diaryl/α,β-unsaturated/α-hetero) is 1. The Morgan fingerprint density at radius 2 is 2.00 bits per heavy atom. The average molecular weight is 294 g/mol. The molecule has 0 saturated carbocycles. The Morgan fingerprint density at radius 3 is 2.55 bits per heavy atom. The lowest BCUT2D eigenvalue weighted by molar-refractivity contribution is -0.223. The minimum atomic E-state index is -0.983. The molecule has 20 heavy (non-hydrogen) atoms. The summed E-state index contributed by atoms with van der Waals surface area (Å²) in [6.07, 6.45) is 1.46. The van der Waals surface area contributed by atoms with Gasteiger partial charge in [0.05, 0.1) is 17.1 Å². The summed E-state index contributed by atoms with van der Waals surface area (Å²) in [5.41, 5.74) is 1.54. The Labute approximate surface area is 121 Å². The molecule has 2 rings (SSSR count). The maximum absolute atomic E-state index is 12.3. The highest BCUT2D eigenvalue weighted by Gasteiger charge is 2.40. The Balaban J connectivity index is 2.61. The highest BCUT2D eigenvalue weighted by atomic mass is 35.5. The average Bonchev–Trinajstić information content (AvgIpc) is 2.44. The van der Waals surface area contributed by atoms with E-state index in [-0.39, 0.29) is 5.78 Å². The second-order valence-electron chi connectivity index (χ2n) is 4.55. The third-order valence-electron chi connectivity index (χ3n) is 3.23. The number of rotatable bonds is 2. The number of fused-ring (bicyclic) bond motifs is 1. The highest BCUT2D eigenvalue weighted by Crippen LogP contribution is 2.30. The number of carbonyl (C=O) groups excluding carboxylic acids is 2. The molecule has 104 valence electrons. The van der Waals surface area contributed by atoms with E-state index < -0.39 is 17.3 Å². The van der Waals surface area contributed by atoms with Crippen molar-refractivity contribution in [3.05, 3.63) is 47.0 Å². The Hall–Kier alpha value is -1.94. The first-order valence-corrected chi connectivity index (χ1v) is 6.54. The summed E-state index contributed by atoms with van der Waals surface area (Å²) in [5.74, 6) is -1.53. The number of hydrogen-bond donors (Lipinski definition) is 1. The van der Waals surface area contributed by atoms with Crippen LogP contribution in [0.1, 0.15) is 27.3 Å². The van der Waals surface area contributed by atoms with Gasteiger partial charge in [-0.2, -0.15) is 0 Å². The lowest BCUT2D eigenvalue weighted by Crippen LogP contribution is -2.32. The van der Waals surface area contributed by atoms with Crippen LogP contribution in [0.5, 0.6) is 0 Å². The van der Waals surface area contributed by atoms with Crippen molar-refractivity contribution >= 4 is 29.1 Å². The van der Waals surface area contributed by atoms with E-state index in [2.05, 4.69) is 0 Å². The lowest BCUT2D eigenvalue weighted by Gasteiger charge is -2.18. The van der Waals surface area contributed by atoms with Crippen molar-refractivity contribution in [2.24, 2.45) is 5.92 Å². The molecule has 0 aromatic heterocycles. The monoisotopic (exact) mass is 293 g/mol. The predicted molar refractivity (Wildman–Crippen MR) is 75.6 cm³/mol. The minimum Gasteiger partial charge on any atom is -0.481 e. The maximum Gasteiger partial charge on any atom is 0.355 e. The van der Waals surface area contributed by atoms with Gasteiger partial charge in [0.2, 0.25) is 0 Å². The summed E-state index contributed by atoms with van der Waals surface area (Å²) in [7, 11) is 1.48. The van der Waals surface area contributed by atoms with Crippen molar-refractivity contribution in [1.82, 2.24) is 0 Å². The maximum atomic E-state index is 12.3. The van der Waals surface area contributed by atoms with Crippen LogP contribution in [0.3, 0.4) is 0 Å². The number of carbonyl (C=O) groups is 2. The first-order valence-electron chi connectivity index (χ1n) is 6.11. The molecule has 2 unspecified atom stereocenters. The molecule has 1 aromatic rings. The van der Waals surface area contributed by atoms with Crippen molar-refractivity contribution in [3.63, 3.8) is 0 Å². The first kappa shape index (κ1) is 14.5. The molecule has 0 bridgehead atoms. The molecule has 1 aliphatic rings. The van der Waals surface area contributed by atoms with E-state index >= 15 is 0 Å². The van der Waals surface area contributed by atoms with E-state index in [0.29, 0.717) is 22.5 Å². The van der Waals surface area contributed by atoms with E-state index in [1.54, 1.807) is 24.3 Å². The van der Waals surface area contributed by atoms with Crippen molar-refractivity contribution < 1.29 is 19.1 Å². The molecule has 0 radical (unpaired) electrons. The summed E-state index contributed by atoms with van der Waals surface area (Å²) < 4.78 is 5.35. The van der Waals surface area contributed by atoms with Gasteiger partial charge in [-0.3, -0.25) is 14.0 Å². The summed E-state index contributed by atoms with van der Waals surface area (Å²) >= 11 is 6.17. The van der Waals surface area contributed by atoms with Gasteiger partial charge in [-0.1, -0.05) is 24.3 Å². The van der Waals surface area contributed by atoms with Crippen LogP contribution in [-0.2, 0) is 4.79 Å². The Morgan fingerprint density at radius 1 is 1.40 bits per heavy atom. The molecule has 2 atom stereocenters. The number of carboxylic acids is 1. The molecular weight excluding hydrogens is 280 g/mol. The van der Waals surface area contributed by atoms with Crippen LogP contribution in [0.4, 0.5) is 0 Å². The summed E-state index contributed by atoms with van der Waals surface area (Å²) in [4.78, 5) is 23.2. The van der Waals surface area contributed by atoms with Crippen molar-refractivity contribution in [2.45, 2.75) is 12.3 Å². The molecule has 0 amide bonds. The number of alkyl halides is 1. The molecule has 0 spiro atoms. The molecule has 0 fully saturated rings. The number of ketones is 2. The molecule has 0 saturated heterocycles. The van der Waals surface area contributed by atoms with Gasteiger partial charge in [0, 0.05) is 5.56 Å². The van der Waals surface area contributed by atoms with Gasteiger partial charge in [0.1, 0.15) is 5.38 Å².